The van der Waals surface area contributed by atoms with Crippen LogP contribution in [0.4, 0.5) is 11.4 Å². The summed E-state index contributed by atoms with van der Waals surface area (Å²) >= 11 is 0. The first-order chi connectivity index (χ1) is 18.5. The first kappa shape index (κ1) is 27.2. The van der Waals surface area contributed by atoms with Crippen LogP contribution in [0.3, 0.4) is 0 Å². The van der Waals surface area contributed by atoms with Crippen LogP contribution in [0.1, 0.15) is 22.3 Å². The topological polar surface area (TPSA) is 106 Å². The van der Waals surface area contributed by atoms with E-state index < -0.39 is 0 Å². The Hall–Kier alpha value is -4.84. The third-order valence-electron chi connectivity index (χ3n) is 5.91. The van der Waals surface area contributed by atoms with E-state index in [9.17, 15) is 20.4 Å². The van der Waals surface area contributed by atoms with Crippen LogP contribution in [-0.2, 0) is 17.1 Å². The number of benzene rings is 5. The molecule has 0 fully saturated rings. The SMILES string of the molecule is Oc1ccc(C(=Nc2ccccc2N=C(c2ccccc2)c2ccc(O)cc2O)c2ccccc2)c(O)c1.[Cu]. The summed E-state index contributed by atoms with van der Waals surface area (Å²) in [6.07, 6.45) is 0. The predicted molar refractivity (Wildman–Crippen MR) is 149 cm³/mol. The van der Waals surface area contributed by atoms with Gasteiger partial charge in [-0.15, -0.1) is 0 Å². The number of phenolic OH excluding ortho intramolecular Hbond substituents is 4. The fourth-order valence-electron chi connectivity index (χ4n) is 4.09. The second-order valence-corrected chi connectivity index (χ2v) is 8.54. The Labute approximate surface area is 236 Å². The van der Waals surface area contributed by atoms with Crippen molar-refractivity contribution in [2.75, 3.05) is 0 Å². The molecule has 0 amide bonds. The number of phenols is 4. The van der Waals surface area contributed by atoms with Crippen molar-refractivity contribution >= 4 is 22.8 Å². The molecule has 0 aromatic heterocycles. The largest absolute Gasteiger partial charge is 0.508 e. The van der Waals surface area contributed by atoms with Crippen molar-refractivity contribution < 1.29 is 37.5 Å². The molecule has 197 valence electrons. The summed E-state index contributed by atoms with van der Waals surface area (Å²) in [5.41, 5.74) is 4.51. The zero-order chi connectivity index (χ0) is 26.5. The average molecular weight is 564 g/mol. The molecule has 0 saturated carbocycles. The van der Waals surface area contributed by atoms with Gasteiger partial charge in [-0.05, 0) is 36.4 Å². The van der Waals surface area contributed by atoms with Gasteiger partial charge in [0.05, 0.1) is 22.8 Å². The minimum atomic E-state index is -0.104. The van der Waals surface area contributed by atoms with Gasteiger partial charge in [0.25, 0.3) is 0 Å². The van der Waals surface area contributed by atoms with E-state index in [2.05, 4.69) is 0 Å². The van der Waals surface area contributed by atoms with Gasteiger partial charge in [-0.2, -0.15) is 0 Å². The molecule has 0 aliphatic heterocycles. The van der Waals surface area contributed by atoms with Gasteiger partial charge in [0.15, 0.2) is 0 Å². The van der Waals surface area contributed by atoms with E-state index in [1.807, 2.05) is 84.9 Å². The van der Waals surface area contributed by atoms with Crippen LogP contribution in [0, 0.1) is 0 Å². The monoisotopic (exact) mass is 563 g/mol. The molecular formula is C32H24CuN2O4. The van der Waals surface area contributed by atoms with Gasteiger partial charge in [-0.3, -0.25) is 0 Å². The van der Waals surface area contributed by atoms with Gasteiger partial charge >= 0.3 is 0 Å². The molecule has 0 aliphatic carbocycles. The van der Waals surface area contributed by atoms with Gasteiger partial charge in [0, 0.05) is 51.5 Å². The number of rotatable bonds is 6. The number of nitrogens with zero attached hydrogens (tertiary/aromatic N) is 2. The van der Waals surface area contributed by atoms with Crippen molar-refractivity contribution in [3.63, 3.8) is 0 Å². The van der Waals surface area contributed by atoms with Crippen molar-refractivity contribution in [3.05, 3.63) is 144 Å². The van der Waals surface area contributed by atoms with Crippen LogP contribution in [0.15, 0.2) is 131 Å². The molecule has 0 atom stereocenters. The number of hydrogen-bond acceptors (Lipinski definition) is 6. The molecule has 5 rings (SSSR count). The first-order valence-electron chi connectivity index (χ1n) is 11.9. The number of hydrogen-bond donors (Lipinski definition) is 4. The minimum absolute atomic E-state index is 0. The standard InChI is InChI=1S/C32H24N2O4.Cu/c35-23-15-17-25(29(37)19-23)31(21-9-3-1-4-10-21)33-27-13-7-8-14-28(27)34-32(22-11-5-2-6-12-22)26-18-16-24(36)20-30(26)38;/h1-20,35-38H;. The van der Waals surface area contributed by atoms with Crippen LogP contribution in [0.2, 0.25) is 0 Å². The summed E-state index contributed by atoms with van der Waals surface area (Å²) in [4.78, 5) is 9.86. The molecule has 0 heterocycles. The summed E-state index contributed by atoms with van der Waals surface area (Å²) in [5.74, 6) is -0.310. The minimum Gasteiger partial charge on any atom is -0.508 e. The van der Waals surface area contributed by atoms with Crippen molar-refractivity contribution in [2.45, 2.75) is 0 Å². The zero-order valence-electron chi connectivity index (χ0n) is 20.5. The van der Waals surface area contributed by atoms with Gasteiger partial charge in [0.1, 0.15) is 23.0 Å². The van der Waals surface area contributed by atoms with E-state index in [-0.39, 0.29) is 40.1 Å². The summed E-state index contributed by atoms with van der Waals surface area (Å²) in [7, 11) is 0. The molecule has 4 N–H and O–H groups in total. The quantitative estimate of drug-likeness (QED) is 0.134. The molecule has 5 aromatic rings. The molecular weight excluding hydrogens is 540 g/mol. The summed E-state index contributed by atoms with van der Waals surface area (Å²) in [6.45, 7) is 0. The van der Waals surface area contributed by atoms with E-state index in [1.165, 1.54) is 24.3 Å². The fraction of sp³-hybridized carbons (Fsp3) is 0. The predicted octanol–water partition coefficient (Wildman–Crippen LogP) is 6.84. The molecule has 1 radical (unpaired) electrons. The molecule has 0 bridgehead atoms. The second kappa shape index (κ2) is 12.1. The fourth-order valence-corrected chi connectivity index (χ4v) is 4.09. The first-order valence-corrected chi connectivity index (χ1v) is 11.9. The van der Waals surface area contributed by atoms with E-state index in [0.29, 0.717) is 33.9 Å². The number of para-hydroxylation sites is 2. The maximum atomic E-state index is 10.6. The van der Waals surface area contributed by atoms with Gasteiger partial charge in [-0.25, -0.2) is 9.98 Å². The van der Waals surface area contributed by atoms with Crippen molar-refractivity contribution in [3.8, 4) is 23.0 Å². The van der Waals surface area contributed by atoms with Crippen LogP contribution in [0.5, 0.6) is 23.0 Å². The normalized spacial score (nSPS) is 11.6. The van der Waals surface area contributed by atoms with Crippen molar-refractivity contribution in [2.24, 2.45) is 9.98 Å². The molecule has 5 aromatic carbocycles. The maximum Gasteiger partial charge on any atom is 0.128 e. The number of aromatic hydroxyl groups is 4. The van der Waals surface area contributed by atoms with Gasteiger partial charge in [-0.1, -0.05) is 72.8 Å². The average Bonchev–Trinajstić information content (AvgIpc) is 2.93. The van der Waals surface area contributed by atoms with Crippen LogP contribution in [0.25, 0.3) is 0 Å². The summed E-state index contributed by atoms with van der Waals surface area (Å²) < 4.78 is 0. The molecule has 0 spiro atoms. The third-order valence-corrected chi connectivity index (χ3v) is 5.91. The molecule has 7 heteroatoms. The van der Waals surface area contributed by atoms with Gasteiger partial charge in [0.2, 0.25) is 0 Å². The Morgan fingerprint density at radius 3 is 1.15 bits per heavy atom. The smallest absolute Gasteiger partial charge is 0.128 e. The molecule has 0 saturated heterocycles. The maximum absolute atomic E-state index is 10.6. The van der Waals surface area contributed by atoms with Crippen LogP contribution < -0.4 is 0 Å². The Balaban J connectivity index is 0.00000353. The van der Waals surface area contributed by atoms with Crippen molar-refractivity contribution in [1.29, 1.82) is 0 Å². The third kappa shape index (κ3) is 6.18. The van der Waals surface area contributed by atoms with E-state index in [4.69, 9.17) is 9.98 Å². The molecule has 39 heavy (non-hydrogen) atoms. The summed E-state index contributed by atoms with van der Waals surface area (Å²) in [5, 5.41) is 40.9. The zero-order valence-corrected chi connectivity index (χ0v) is 21.5. The molecule has 0 unspecified atom stereocenters. The second-order valence-electron chi connectivity index (χ2n) is 8.54. The van der Waals surface area contributed by atoms with Crippen molar-refractivity contribution in [1.82, 2.24) is 0 Å². The Bertz CT molecular complexity index is 1530. The Kier molecular flexibility index (Phi) is 8.46. The Morgan fingerprint density at radius 2 is 0.795 bits per heavy atom. The van der Waals surface area contributed by atoms with Gasteiger partial charge < -0.3 is 20.4 Å². The van der Waals surface area contributed by atoms with E-state index in [0.717, 1.165) is 11.1 Å². The molecule has 0 aliphatic rings. The van der Waals surface area contributed by atoms with E-state index in [1.54, 1.807) is 12.1 Å². The van der Waals surface area contributed by atoms with E-state index >= 15 is 0 Å². The Morgan fingerprint density at radius 1 is 0.436 bits per heavy atom. The van der Waals surface area contributed by atoms with Crippen LogP contribution in [-0.4, -0.2) is 31.8 Å². The number of aliphatic imine (C=N–C) groups is 2. The molecule has 6 nitrogen and oxygen atoms in total. The summed E-state index contributed by atoms with van der Waals surface area (Å²) in [6, 6.07) is 35.0. The van der Waals surface area contributed by atoms with Crippen LogP contribution >= 0.6 is 0 Å².